The van der Waals surface area contributed by atoms with E-state index in [2.05, 4.69) is 16.1 Å². The first-order valence-electron chi connectivity index (χ1n) is 9.33. The predicted molar refractivity (Wildman–Crippen MR) is 104 cm³/mol. The van der Waals surface area contributed by atoms with Crippen LogP contribution in [0.2, 0.25) is 0 Å². The molecule has 1 fully saturated rings. The lowest BCUT2D eigenvalue weighted by Crippen LogP contribution is -2.63. The van der Waals surface area contributed by atoms with Crippen molar-refractivity contribution < 1.29 is 29.0 Å². The normalized spacial score (nSPS) is 19.7. The van der Waals surface area contributed by atoms with E-state index in [1.165, 1.54) is 5.01 Å². The highest BCUT2D eigenvalue weighted by atomic mass is 16.6. The SMILES string of the molecule is CC(C)(C)OC(=O)N[C@@H]1CN(NC(=O)O)CC[C@@H]1NC(=O)OCc1ccccc1. The van der Waals surface area contributed by atoms with Crippen LogP contribution in [0.3, 0.4) is 0 Å². The van der Waals surface area contributed by atoms with E-state index >= 15 is 0 Å². The molecule has 0 aromatic heterocycles. The highest BCUT2D eigenvalue weighted by molar-refractivity contribution is 5.70. The summed E-state index contributed by atoms with van der Waals surface area (Å²) in [7, 11) is 0. The third-order valence-electron chi connectivity index (χ3n) is 4.08. The largest absolute Gasteiger partial charge is 0.464 e. The fourth-order valence-electron chi connectivity index (χ4n) is 2.88. The molecule has 2 atom stereocenters. The topological polar surface area (TPSA) is 129 Å². The molecule has 160 valence electrons. The Balaban J connectivity index is 1.95. The van der Waals surface area contributed by atoms with Crippen LogP contribution in [0.4, 0.5) is 14.4 Å². The minimum Gasteiger partial charge on any atom is -0.464 e. The first-order valence-corrected chi connectivity index (χ1v) is 9.33. The van der Waals surface area contributed by atoms with Gasteiger partial charge in [-0.25, -0.2) is 19.4 Å². The summed E-state index contributed by atoms with van der Waals surface area (Å²) in [4.78, 5) is 35.3. The number of ether oxygens (including phenoxy) is 2. The van der Waals surface area contributed by atoms with Gasteiger partial charge in [0.25, 0.3) is 0 Å². The summed E-state index contributed by atoms with van der Waals surface area (Å²) in [6, 6.07) is 8.24. The monoisotopic (exact) mass is 408 g/mol. The van der Waals surface area contributed by atoms with E-state index in [1.54, 1.807) is 20.8 Å². The quantitative estimate of drug-likeness (QED) is 0.587. The average molecular weight is 408 g/mol. The van der Waals surface area contributed by atoms with Gasteiger partial charge in [0.1, 0.15) is 12.2 Å². The van der Waals surface area contributed by atoms with Gasteiger partial charge in [-0.3, -0.25) is 5.43 Å². The van der Waals surface area contributed by atoms with E-state index < -0.39 is 36.0 Å². The molecule has 1 aliphatic rings. The molecule has 1 aliphatic heterocycles. The van der Waals surface area contributed by atoms with Gasteiger partial charge in [-0.05, 0) is 32.8 Å². The summed E-state index contributed by atoms with van der Waals surface area (Å²) in [6.45, 7) is 5.86. The van der Waals surface area contributed by atoms with Crippen molar-refractivity contribution in [2.75, 3.05) is 13.1 Å². The first kappa shape index (κ1) is 22.3. The third-order valence-corrected chi connectivity index (χ3v) is 4.08. The van der Waals surface area contributed by atoms with Crippen molar-refractivity contribution in [3.63, 3.8) is 0 Å². The van der Waals surface area contributed by atoms with Gasteiger partial charge in [-0.2, -0.15) is 0 Å². The number of hydrogen-bond acceptors (Lipinski definition) is 6. The molecule has 1 heterocycles. The summed E-state index contributed by atoms with van der Waals surface area (Å²) >= 11 is 0. The van der Waals surface area contributed by atoms with Crippen molar-refractivity contribution in [1.29, 1.82) is 0 Å². The standard InChI is InChI=1S/C19H28N4O6/c1-19(2,3)29-18(27)21-15-11-23(22-16(24)25)10-9-14(15)20-17(26)28-12-13-7-5-4-6-8-13/h4-8,14-15,22H,9-12H2,1-3H3,(H,20,26)(H,21,27)(H,24,25)/t14-,15+/m0/s1. The number of hydrazine groups is 1. The predicted octanol–water partition coefficient (Wildman–Crippen LogP) is 2.06. The zero-order valence-electron chi connectivity index (χ0n) is 16.8. The molecule has 0 radical (unpaired) electrons. The van der Waals surface area contributed by atoms with E-state index in [0.717, 1.165) is 5.56 Å². The lowest BCUT2D eigenvalue weighted by atomic mass is 10.0. The lowest BCUT2D eigenvalue weighted by Gasteiger charge is -2.38. The Kier molecular flexibility index (Phi) is 7.66. The molecule has 2 rings (SSSR count). The number of nitrogens with one attached hydrogen (secondary N) is 3. The Hall–Kier alpha value is -3.01. The highest BCUT2D eigenvalue weighted by Gasteiger charge is 2.33. The second-order valence-corrected chi connectivity index (χ2v) is 7.72. The minimum absolute atomic E-state index is 0.121. The maximum Gasteiger partial charge on any atom is 0.419 e. The molecule has 4 N–H and O–H groups in total. The molecule has 0 aliphatic carbocycles. The Morgan fingerprint density at radius 1 is 1.10 bits per heavy atom. The van der Waals surface area contributed by atoms with Crippen LogP contribution in [0, 0.1) is 0 Å². The molecule has 1 saturated heterocycles. The molecular weight excluding hydrogens is 380 g/mol. The van der Waals surface area contributed by atoms with Crippen LogP contribution in [-0.4, -0.2) is 59.2 Å². The van der Waals surface area contributed by atoms with Crippen molar-refractivity contribution in [3.8, 4) is 0 Å². The Bertz CT molecular complexity index is 706. The second kappa shape index (κ2) is 9.97. The summed E-state index contributed by atoms with van der Waals surface area (Å²) in [5.74, 6) is 0. The van der Waals surface area contributed by atoms with Gasteiger partial charge in [-0.1, -0.05) is 30.3 Å². The zero-order chi connectivity index (χ0) is 21.4. The average Bonchev–Trinajstić information content (AvgIpc) is 2.61. The lowest BCUT2D eigenvalue weighted by molar-refractivity contribution is 0.0409. The second-order valence-electron chi connectivity index (χ2n) is 7.72. The van der Waals surface area contributed by atoms with Crippen molar-refractivity contribution in [2.45, 2.75) is 51.5 Å². The third kappa shape index (κ3) is 8.26. The summed E-state index contributed by atoms with van der Waals surface area (Å²) in [6.07, 6.45) is -2.06. The number of carbonyl (C=O) groups excluding carboxylic acids is 2. The zero-order valence-corrected chi connectivity index (χ0v) is 16.8. The van der Waals surface area contributed by atoms with Gasteiger partial charge >= 0.3 is 18.3 Å². The molecule has 29 heavy (non-hydrogen) atoms. The maximum atomic E-state index is 12.2. The van der Waals surface area contributed by atoms with Crippen LogP contribution in [0.5, 0.6) is 0 Å². The number of carboxylic acid groups (broad SMARTS) is 1. The van der Waals surface area contributed by atoms with Crippen LogP contribution in [0.15, 0.2) is 30.3 Å². The van der Waals surface area contributed by atoms with Crippen molar-refractivity contribution >= 4 is 18.3 Å². The molecule has 0 bridgehead atoms. The van der Waals surface area contributed by atoms with Gasteiger partial charge < -0.3 is 25.2 Å². The van der Waals surface area contributed by atoms with Crippen LogP contribution in [-0.2, 0) is 16.1 Å². The number of nitrogens with zero attached hydrogens (tertiary/aromatic N) is 1. The summed E-state index contributed by atoms with van der Waals surface area (Å²) in [5.41, 5.74) is 2.44. The molecule has 1 aromatic rings. The van der Waals surface area contributed by atoms with E-state index in [0.29, 0.717) is 13.0 Å². The smallest absolute Gasteiger partial charge is 0.419 e. The number of rotatable bonds is 5. The highest BCUT2D eigenvalue weighted by Crippen LogP contribution is 2.13. The van der Waals surface area contributed by atoms with Crippen LogP contribution >= 0.6 is 0 Å². The molecule has 0 unspecified atom stereocenters. The van der Waals surface area contributed by atoms with Gasteiger partial charge in [0.2, 0.25) is 0 Å². The van der Waals surface area contributed by atoms with Crippen LogP contribution < -0.4 is 16.1 Å². The fraction of sp³-hybridized carbons (Fsp3) is 0.526. The Morgan fingerprint density at radius 2 is 1.76 bits per heavy atom. The number of piperidine rings is 1. The molecule has 10 heteroatoms. The van der Waals surface area contributed by atoms with Gasteiger partial charge in [-0.15, -0.1) is 0 Å². The number of carbonyl (C=O) groups is 3. The van der Waals surface area contributed by atoms with E-state index in [9.17, 15) is 14.4 Å². The van der Waals surface area contributed by atoms with E-state index in [-0.39, 0.29) is 13.2 Å². The van der Waals surface area contributed by atoms with Crippen molar-refractivity contribution in [3.05, 3.63) is 35.9 Å². The maximum absolute atomic E-state index is 12.2. The first-order chi connectivity index (χ1) is 13.6. The van der Waals surface area contributed by atoms with Gasteiger partial charge in [0.05, 0.1) is 12.1 Å². The molecule has 3 amide bonds. The number of hydrogen-bond donors (Lipinski definition) is 4. The molecule has 0 spiro atoms. The van der Waals surface area contributed by atoms with Crippen LogP contribution in [0.25, 0.3) is 0 Å². The minimum atomic E-state index is -1.20. The molecular formula is C19H28N4O6. The van der Waals surface area contributed by atoms with Gasteiger partial charge in [0, 0.05) is 13.1 Å². The number of alkyl carbamates (subject to hydrolysis) is 2. The van der Waals surface area contributed by atoms with Crippen molar-refractivity contribution in [2.24, 2.45) is 0 Å². The Labute approximate surface area is 169 Å². The van der Waals surface area contributed by atoms with Crippen molar-refractivity contribution in [1.82, 2.24) is 21.1 Å². The summed E-state index contributed by atoms with van der Waals surface area (Å²) in [5, 5.41) is 15.8. The molecule has 0 saturated carbocycles. The summed E-state index contributed by atoms with van der Waals surface area (Å²) < 4.78 is 10.5. The number of amides is 3. The van der Waals surface area contributed by atoms with E-state index in [4.69, 9.17) is 14.6 Å². The number of benzene rings is 1. The Morgan fingerprint density at radius 3 is 2.38 bits per heavy atom. The fourth-order valence-corrected chi connectivity index (χ4v) is 2.88. The van der Waals surface area contributed by atoms with Gasteiger partial charge in [0.15, 0.2) is 0 Å². The van der Waals surface area contributed by atoms with E-state index in [1.807, 2.05) is 30.3 Å². The van der Waals surface area contributed by atoms with Crippen LogP contribution in [0.1, 0.15) is 32.8 Å². The molecule has 10 nitrogen and oxygen atoms in total. The molecule has 1 aromatic carbocycles.